The van der Waals surface area contributed by atoms with E-state index in [9.17, 15) is 9.90 Å². The topological polar surface area (TPSA) is 87.0 Å². The zero-order valence-electron chi connectivity index (χ0n) is 16.2. The van der Waals surface area contributed by atoms with Crippen LogP contribution in [0.4, 0.5) is 0 Å². The summed E-state index contributed by atoms with van der Waals surface area (Å²) < 4.78 is 1.85. The molecule has 0 bridgehead atoms. The van der Waals surface area contributed by atoms with Gasteiger partial charge in [0, 0.05) is 36.0 Å². The number of H-pyrrole nitrogens is 1. The van der Waals surface area contributed by atoms with Crippen LogP contribution in [0.15, 0.2) is 36.5 Å². The molecule has 146 valence electrons. The van der Waals surface area contributed by atoms with E-state index in [1.807, 2.05) is 36.0 Å². The van der Waals surface area contributed by atoms with Crippen LogP contribution in [0.3, 0.4) is 0 Å². The summed E-state index contributed by atoms with van der Waals surface area (Å²) in [4.78, 5) is 13.9. The van der Waals surface area contributed by atoms with Crippen molar-refractivity contribution in [2.45, 2.75) is 45.3 Å². The lowest BCUT2D eigenvalue weighted by molar-refractivity contribution is 0.0687. The number of nitrogens with zero attached hydrogens (tertiary/aromatic N) is 4. The molecule has 0 unspecified atom stereocenters. The molecule has 2 heterocycles. The monoisotopic (exact) mass is 379 g/mol. The Morgan fingerprint density at radius 2 is 2.14 bits per heavy atom. The Morgan fingerprint density at radius 3 is 2.86 bits per heavy atom. The maximum atomic E-state index is 11.6. The quantitative estimate of drug-likeness (QED) is 0.688. The average molecular weight is 379 g/mol. The number of rotatable bonds is 6. The third-order valence-electron chi connectivity index (χ3n) is 5.65. The molecule has 28 heavy (non-hydrogen) atoms. The second-order valence-electron chi connectivity index (χ2n) is 7.34. The molecule has 7 nitrogen and oxygen atoms in total. The van der Waals surface area contributed by atoms with Crippen molar-refractivity contribution in [2.75, 3.05) is 7.05 Å². The molecule has 2 N–H and O–H groups in total. The highest BCUT2D eigenvalue weighted by atomic mass is 16.4. The van der Waals surface area contributed by atoms with Gasteiger partial charge in [-0.05, 0) is 38.8 Å². The van der Waals surface area contributed by atoms with E-state index < -0.39 is 5.97 Å². The number of benzene rings is 1. The first-order valence-corrected chi connectivity index (χ1v) is 9.68. The molecule has 1 atom stereocenters. The minimum absolute atomic E-state index is 0.211. The van der Waals surface area contributed by atoms with Crippen molar-refractivity contribution in [1.29, 1.82) is 0 Å². The minimum Gasteiger partial charge on any atom is -0.476 e. The Hall–Kier alpha value is -2.93. The van der Waals surface area contributed by atoms with Gasteiger partial charge in [-0.25, -0.2) is 4.79 Å². The summed E-state index contributed by atoms with van der Waals surface area (Å²) in [7, 11) is 2.10. The van der Waals surface area contributed by atoms with Gasteiger partial charge in [0.2, 0.25) is 0 Å². The van der Waals surface area contributed by atoms with Crippen LogP contribution in [0.5, 0.6) is 0 Å². The van der Waals surface area contributed by atoms with Gasteiger partial charge in [0.05, 0.1) is 11.9 Å². The highest BCUT2D eigenvalue weighted by molar-refractivity contribution is 5.87. The largest absolute Gasteiger partial charge is 0.476 e. The van der Waals surface area contributed by atoms with E-state index in [0.29, 0.717) is 13.0 Å². The van der Waals surface area contributed by atoms with Crippen molar-refractivity contribution in [2.24, 2.45) is 0 Å². The van der Waals surface area contributed by atoms with Gasteiger partial charge in [0.1, 0.15) is 0 Å². The number of likely N-dealkylation sites (N-methyl/N-ethyl adjacent to an activating group) is 1. The van der Waals surface area contributed by atoms with Crippen LogP contribution in [-0.2, 0) is 25.9 Å². The number of hydrogen-bond donors (Lipinski definition) is 2. The Kier molecular flexibility index (Phi) is 5.00. The van der Waals surface area contributed by atoms with E-state index in [2.05, 4.69) is 39.4 Å². The maximum Gasteiger partial charge on any atom is 0.356 e. The van der Waals surface area contributed by atoms with Gasteiger partial charge in [-0.3, -0.25) is 14.7 Å². The lowest BCUT2D eigenvalue weighted by Gasteiger charge is -2.31. The molecule has 1 aromatic carbocycles. The molecule has 0 fully saturated rings. The van der Waals surface area contributed by atoms with Crippen LogP contribution < -0.4 is 0 Å². The van der Waals surface area contributed by atoms with Crippen molar-refractivity contribution in [3.8, 4) is 11.3 Å². The smallest absolute Gasteiger partial charge is 0.356 e. The summed E-state index contributed by atoms with van der Waals surface area (Å²) >= 11 is 0. The van der Waals surface area contributed by atoms with Gasteiger partial charge in [0.25, 0.3) is 0 Å². The van der Waals surface area contributed by atoms with E-state index in [1.54, 1.807) is 0 Å². The molecule has 2 aromatic heterocycles. The molecule has 1 aliphatic carbocycles. The van der Waals surface area contributed by atoms with Crippen LogP contribution in [0.1, 0.15) is 40.7 Å². The van der Waals surface area contributed by atoms with Gasteiger partial charge in [-0.1, -0.05) is 30.3 Å². The number of carboxylic acids is 1. The van der Waals surface area contributed by atoms with Gasteiger partial charge >= 0.3 is 5.97 Å². The second kappa shape index (κ2) is 7.59. The molecule has 0 aliphatic heterocycles. The number of hydrogen-bond acceptors (Lipinski definition) is 4. The first-order valence-electron chi connectivity index (χ1n) is 9.68. The Balaban J connectivity index is 1.54. The van der Waals surface area contributed by atoms with E-state index in [-0.39, 0.29) is 11.7 Å². The number of carbonyl (C=O) groups is 1. The Bertz CT molecular complexity index is 976. The van der Waals surface area contributed by atoms with Crippen LogP contribution in [0.25, 0.3) is 11.3 Å². The molecule has 7 heteroatoms. The number of aryl methyl sites for hydroxylation is 1. The lowest BCUT2D eigenvalue weighted by atomic mass is 9.90. The summed E-state index contributed by atoms with van der Waals surface area (Å²) in [6, 6.07) is 10.5. The third-order valence-corrected chi connectivity index (χ3v) is 5.65. The highest BCUT2D eigenvalue weighted by Crippen LogP contribution is 2.29. The molecule has 0 amide bonds. The van der Waals surface area contributed by atoms with E-state index in [4.69, 9.17) is 0 Å². The van der Waals surface area contributed by atoms with E-state index in [0.717, 1.165) is 47.5 Å². The van der Waals surface area contributed by atoms with Crippen molar-refractivity contribution < 1.29 is 9.90 Å². The molecule has 3 aromatic rings. The number of aromatic nitrogens is 4. The fourth-order valence-electron chi connectivity index (χ4n) is 4.16. The van der Waals surface area contributed by atoms with E-state index >= 15 is 0 Å². The molecule has 4 rings (SSSR count). The summed E-state index contributed by atoms with van der Waals surface area (Å²) in [5.74, 6) is -0.937. The van der Waals surface area contributed by atoms with Crippen LogP contribution in [-0.4, -0.2) is 49.0 Å². The van der Waals surface area contributed by atoms with Crippen LogP contribution >= 0.6 is 0 Å². The number of carboxylic acid groups (broad SMARTS) is 1. The molecular weight excluding hydrogens is 354 g/mol. The number of fused-ring (bicyclic) bond motifs is 1. The number of nitrogens with one attached hydrogen (secondary N) is 1. The van der Waals surface area contributed by atoms with Crippen LogP contribution in [0, 0.1) is 0 Å². The normalized spacial score (nSPS) is 16.3. The second-order valence-corrected chi connectivity index (χ2v) is 7.34. The Morgan fingerprint density at radius 1 is 1.36 bits per heavy atom. The van der Waals surface area contributed by atoms with E-state index in [1.165, 1.54) is 0 Å². The predicted octanol–water partition coefficient (Wildman–Crippen LogP) is 2.98. The number of aromatic carboxylic acids is 1. The van der Waals surface area contributed by atoms with Crippen molar-refractivity contribution in [3.05, 3.63) is 59.0 Å². The molecule has 1 aliphatic rings. The van der Waals surface area contributed by atoms with Crippen molar-refractivity contribution >= 4 is 5.97 Å². The fourth-order valence-corrected chi connectivity index (χ4v) is 4.16. The number of aromatic amines is 1. The van der Waals surface area contributed by atoms with Gasteiger partial charge in [-0.2, -0.15) is 10.2 Å². The van der Waals surface area contributed by atoms with Crippen LogP contribution in [0.2, 0.25) is 0 Å². The van der Waals surface area contributed by atoms with Gasteiger partial charge in [-0.15, -0.1) is 0 Å². The Labute approximate surface area is 164 Å². The molecule has 0 radical (unpaired) electrons. The highest BCUT2D eigenvalue weighted by Gasteiger charge is 2.30. The summed E-state index contributed by atoms with van der Waals surface area (Å²) in [5.41, 5.74) is 5.48. The molecule has 0 saturated carbocycles. The first-order chi connectivity index (χ1) is 13.6. The average Bonchev–Trinajstić information content (AvgIpc) is 3.32. The molecular formula is C21H25N5O2. The zero-order valence-corrected chi connectivity index (χ0v) is 16.2. The zero-order chi connectivity index (χ0) is 19.7. The SMILES string of the molecule is CCn1nc(C(=O)O)c2c1CC[C@H](N(C)Cc1cn[nH]c1-c1ccccc1)C2. The molecule has 0 spiro atoms. The van der Waals surface area contributed by atoms with Crippen molar-refractivity contribution in [3.63, 3.8) is 0 Å². The fraction of sp³-hybridized carbons (Fsp3) is 0.381. The van der Waals surface area contributed by atoms with Gasteiger partial charge < -0.3 is 5.11 Å². The lowest BCUT2D eigenvalue weighted by Crippen LogP contribution is -2.36. The first kappa shape index (κ1) is 18.4. The summed E-state index contributed by atoms with van der Waals surface area (Å²) in [6.07, 6.45) is 4.44. The van der Waals surface area contributed by atoms with Crippen molar-refractivity contribution in [1.82, 2.24) is 24.9 Å². The standard InChI is InChI=1S/C21H25N5O2/c1-3-26-18-10-9-16(11-17(18)20(24-26)21(27)28)25(2)13-15-12-22-23-19(15)14-7-5-4-6-8-14/h4-8,12,16H,3,9-11,13H2,1-2H3,(H,22,23)(H,27,28)/t16-/m0/s1. The maximum absolute atomic E-state index is 11.6. The third kappa shape index (κ3) is 3.33. The van der Waals surface area contributed by atoms with Gasteiger partial charge in [0.15, 0.2) is 5.69 Å². The predicted molar refractivity (Wildman–Crippen MR) is 106 cm³/mol. The molecule has 0 saturated heterocycles. The summed E-state index contributed by atoms with van der Waals surface area (Å²) in [5, 5.41) is 21.2. The minimum atomic E-state index is -0.937. The summed E-state index contributed by atoms with van der Waals surface area (Å²) in [6.45, 7) is 3.46.